The van der Waals surface area contributed by atoms with E-state index in [1.54, 1.807) is 16.4 Å². The summed E-state index contributed by atoms with van der Waals surface area (Å²) in [6, 6.07) is 7.20. The lowest BCUT2D eigenvalue weighted by atomic mass is 9.49. The van der Waals surface area contributed by atoms with Crippen LogP contribution in [0.25, 0.3) is 0 Å². The Kier molecular flexibility index (Phi) is 5.21. The predicted molar refractivity (Wildman–Crippen MR) is 116 cm³/mol. The molecule has 164 valence electrons. The van der Waals surface area contributed by atoms with Gasteiger partial charge in [-0.25, -0.2) is 8.42 Å². The van der Waals surface area contributed by atoms with Gasteiger partial charge in [0.15, 0.2) is 0 Å². The fourth-order valence-electron chi connectivity index (χ4n) is 7.15. The van der Waals surface area contributed by atoms with Crippen LogP contribution in [-0.4, -0.2) is 38.3 Å². The van der Waals surface area contributed by atoms with Gasteiger partial charge in [0, 0.05) is 25.0 Å². The largest absolute Gasteiger partial charge is 0.355 e. The standard InChI is InChI=1S/C24H34N2O3S/c1-17-4-2-3-5-22(17)30(28,29)26-8-6-18(7-9-26)16-25-23(27)24-13-19-10-20(14-24)12-21(11-19)15-24/h2-5,18-21H,6-16H2,1H3,(H,25,27). The van der Waals surface area contributed by atoms with E-state index in [-0.39, 0.29) is 11.3 Å². The van der Waals surface area contributed by atoms with Crippen LogP contribution in [-0.2, 0) is 14.8 Å². The van der Waals surface area contributed by atoms with Crippen LogP contribution in [0, 0.1) is 36.0 Å². The summed E-state index contributed by atoms with van der Waals surface area (Å²) >= 11 is 0. The zero-order valence-corrected chi connectivity index (χ0v) is 18.8. The summed E-state index contributed by atoms with van der Waals surface area (Å²) in [5.41, 5.74) is 0.700. The van der Waals surface area contributed by atoms with E-state index in [0.717, 1.165) is 55.4 Å². The van der Waals surface area contributed by atoms with Gasteiger partial charge in [0.1, 0.15) is 0 Å². The number of hydrogen-bond donors (Lipinski definition) is 1. The second kappa shape index (κ2) is 7.63. The lowest BCUT2D eigenvalue weighted by Gasteiger charge is -2.55. The highest BCUT2D eigenvalue weighted by Gasteiger charge is 2.54. The number of aryl methyl sites for hydroxylation is 1. The zero-order valence-electron chi connectivity index (χ0n) is 18.0. The van der Waals surface area contributed by atoms with E-state index in [1.807, 2.05) is 19.1 Å². The quantitative estimate of drug-likeness (QED) is 0.774. The molecule has 6 heteroatoms. The lowest BCUT2D eigenvalue weighted by molar-refractivity contribution is -0.146. The normalized spacial score (nSPS) is 34.2. The third-order valence-electron chi connectivity index (χ3n) is 8.36. The number of piperidine rings is 1. The van der Waals surface area contributed by atoms with Gasteiger partial charge < -0.3 is 5.32 Å². The average Bonchev–Trinajstić information content (AvgIpc) is 2.71. The Labute approximate surface area is 180 Å². The van der Waals surface area contributed by atoms with Gasteiger partial charge in [-0.05, 0) is 93.6 Å². The Balaban J connectivity index is 1.16. The first-order valence-corrected chi connectivity index (χ1v) is 13.1. The minimum Gasteiger partial charge on any atom is -0.355 e. The van der Waals surface area contributed by atoms with E-state index in [9.17, 15) is 13.2 Å². The number of rotatable bonds is 5. The van der Waals surface area contributed by atoms with Crippen molar-refractivity contribution in [3.63, 3.8) is 0 Å². The minimum absolute atomic E-state index is 0.0936. The van der Waals surface area contributed by atoms with Gasteiger partial charge in [-0.3, -0.25) is 4.79 Å². The van der Waals surface area contributed by atoms with Crippen LogP contribution in [0.3, 0.4) is 0 Å². The van der Waals surface area contributed by atoms with Crippen molar-refractivity contribution in [2.45, 2.75) is 63.2 Å². The van der Waals surface area contributed by atoms with Crippen LogP contribution in [0.4, 0.5) is 0 Å². The Morgan fingerprint density at radius 1 is 1.03 bits per heavy atom. The number of amides is 1. The highest BCUT2D eigenvalue weighted by atomic mass is 32.2. The number of benzene rings is 1. The predicted octanol–water partition coefficient (Wildman–Crippen LogP) is 3.73. The Bertz CT molecular complexity index is 883. The second-order valence-electron chi connectivity index (χ2n) is 10.5. The van der Waals surface area contributed by atoms with E-state index >= 15 is 0 Å². The molecular formula is C24H34N2O3S. The van der Waals surface area contributed by atoms with Gasteiger partial charge in [-0.2, -0.15) is 4.31 Å². The number of nitrogens with one attached hydrogen (secondary N) is 1. The Hall–Kier alpha value is -1.40. The molecule has 1 heterocycles. The number of sulfonamides is 1. The summed E-state index contributed by atoms with van der Waals surface area (Å²) in [6.07, 6.45) is 8.95. The summed E-state index contributed by atoms with van der Waals surface area (Å²) in [6.45, 7) is 3.61. The number of hydrogen-bond acceptors (Lipinski definition) is 3. The molecule has 1 amide bonds. The molecule has 6 rings (SSSR count). The monoisotopic (exact) mass is 430 g/mol. The maximum atomic E-state index is 13.2. The SMILES string of the molecule is Cc1ccccc1S(=O)(=O)N1CCC(CNC(=O)C23CC4CC(CC(C4)C2)C3)CC1. The van der Waals surface area contributed by atoms with Gasteiger partial charge >= 0.3 is 0 Å². The van der Waals surface area contributed by atoms with E-state index in [4.69, 9.17) is 0 Å². The first kappa shape index (κ1) is 20.5. The summed E-state index contributed by atoms with van der Waals surface area (Å²) in [7, 11) is -3.43. The molecule has 1 aliphatic heterocycles. The van der Waals surface area contributed by atoms with E-state index < -0.39 is 10.0 Å². The van der Waals surface area contributed by atoms with Crippen LogP contribution in [0.5, 0.6) is 0 Å². The molecule has 1 aromatic rings. The molecule has 1 saturated heterocycles. The van der Waals surface area contributed by atoms with Gasteiger partial charge in [0.2, 0.25) is 15.9 Å². The zero-order chi connectivity index (χ0) is 20.9. The first-order valence-electron chi connectivity index (χ1n) is 11.7. The summed E-state index contributed by atoms with van der Waals surface area (Å²) < 4.78 is 27.6. The molecule has 0 aromatic heterocycles. The van der Waals surface area contributed by atoms with Crippen LogP contribution < -0.4 is 5.32 Å². The molecule has 1 aromatic carbocycles. The van der Waals surface area contributed by atoms with Gasteiger partial charge in [0.25, 0.3) is 0 Å². The van der Waals surface area contributed by atoms with E-state index in [0.29, 0.717) is 30.4 Å². The van der Waals surface area contributed by atoms with Crippen molar-refractivity contribution in [3.8, 4) is 0 Å². The molecule has 1 N–H and O–H groups in total. The molecule has 4 bridgehead atoms. The molecule has 5 fully saturated rings. The molecule has 30 heavy (non-hydrogen) atoms. The molecule has 4 saturated carbocycles. The van der Waals surface area contributed by atoms with Gasteiger partial charge in [-0.1, -0.05) is 18.2 Å². The van der Waals surface area contributed by atoms with E-state index in [1.165, 1.54) is 19.3 Å². The maximum Gasteiger partial charge on any atom is 0.243 e. The number of carbonyl (C=O) groups is 1. The van der Waals surface area contributed by atoms with Crippen molar-refractivity contribution >= 4 is 15.9 Å². The molecular weight excluding hydrogens is 396 g/mol. The molecule has 0 radical (unpaired) electrons. The van der Waals surface area contributed by atoms with Crippen molar-refractivity contribution in [2.24, 2.45) is 29.1 Å². The minimum atomic E-state index is -3.43. The summed E-state index contributed by atoms with van der Waals surface area (Å²) in [5, 5.41) is 3.30. The summed E-state index contributed by atoms with van der Waals surface area (Å²) in [4.78, 5) is 13.6. The van der Waals surface area contributed by atoms with Crippen LogP contribution in [0.1, 0.15) is 56.9 Å². The highest BCUT2D eigenvalue weighted by molar-refractivity contribution is 7.89. The third kappa shape index (κ3) is 3.60. The fourth-order valence-corrected chi connectivity index (χ4v) is 8.85. The Morgan fingerprint density at radius 2 is 1.60 bits per heavy atom. The van der Waals surface area contributed by atoms with Crippen LogP contribution in [0.2, 0.25) is 0 Å². The second-order valence-corrected chi connectivity index (χ2v) is 12.4. The topological polar surface area (TPSA) is 66.5 Å². The van der Waals surface area contributed by atoms with E-state index in [2.05, 4.69) is 5.32 Å². The van der Waals surface area contributed by atoms with Crippen molar-refractivity contribution in [1.29, 1.82) is 0 Å². The first-order chi connectivity index (χ1) is 14.4. The molecule has 0 spiro atoms. The van der Waals surface area contributed by atoms with Crippen molar-refractivity contribution < 1.29 is 13.2 Å². The molecule has 0 atom stereocenters. The number of carbonyl (C=O) groups excluding carboxylic acids is 1. The average molecular weight is 431 g/mol. The number of nitrogens with zero attached hydrogens (tertiary/aromatic N) is 1. The lowest BCUT2D eigenvalue weighted by Crippen LogP contribution is -2.54. The maximum absolute atomic E-state index is 13.2. The van der Waals surface area contributed by atoms with Crippen LogP contribution >= 0.6 is 0 Å². The molecule has 5 aliphatic rings. The third-order valence-corrected chi connectivity index (χ3v) is 10.4. The highest BCUT2D eigenvalue weighted by Crippen LogP contribution is 2.60. The smallest absolute Gasteiger partial charge is 0.243 e. The van der Waals surface area contributed by atoms with Gasteiger partial charge in [0.05, 0.1) is 4.90 Å². The molecule has 5 nitrogen and oxygen atoms in total. The van der Waals surface area contributed by atoms with Crippen LogP contribution in [0.15, 0.2) is 29.2 Å². The van der Waals surface area contributed by atoms with Crippen molar-refractivity contribution in [1.82, 2.24) is 9.62 Å². The Morgan fingerprint density at radius 3 is 2.17 bits per heavy atom. The molecule has 4 aliphatic carbocycles. The summed E-state index contributed by atoms with van der Waals surface area (Å²) in [5.74, 6) is 2.98. The van der Waals surface area contributed by atoms with Crippen molar-refractivity contribution in [3.05, 3.63) is 29.8 Å². The fraction of sp³-hybridized carbons (Fsp3) is 0.708. The van der Waals surface area contributed by atoms with Gasteiger partial charge in [-0.15, -0.1) is 0 Å². The molecule has 0 unspecified atom stereocenters. The van der Waals surface area contributed by atoms with Crippen molar-refractivity contribution in [2.75, 3.05) is 19.6 Å².